The van der Waals surface area contributed by atoms with E-state index in [1.165, 1.54) is 31.5 Å². The minimum absolute atomic E-state index is 0.356. The number of rotatable bonds is 5. The Hall–Kier alpha value is -1.26. The van der Waals surface area contributed by atoms with Crippen LogP contribution < -0.4 is 14.8 Å². The maximum absolute atomic E-state index is 5.43. The molecule has 2 heterocycles. The number of benzene rings is 1. The molecule has 1 N–H and O–H groups in total. The Morgan fingerprint density at radius 1 is 1.35 bits per heavy atom. The van der Waals surface area contributed by atoms with Crippen molar-refractivity contribution >= 4 is 0 Å². The summed E-state index contributed by atoms with van der Waals surface area (Å²) in [6.45, 7) is 5.09. The Kier molecular flexibility index (Phi) is 4.13. The highest BCUT2D eigenvalue weighted by molar-refractivity contribution is 5.44. The van der Waals surface area contributed by atoms with E-state index in [-0.39, 0.29) is 0 Å². The molecule has 2 aliphatic rings. The minimum Gasteiger partial charge on any atom is -0.454 e. The lowest BCUT2D eigenvalue weighted by molar-refractivity contribution is 0.174. The second kappa shape index (κ2) is 6.02. The maximum Gasteiger partial charge on any atom is 0.231 e. The zero-order valence-electron chi connectivity index (χ0n) is 12.4. The largest absolute Gasteiger partial charge is 0.454 e. The molecule has 4 nitrogen and oxygen atoms in total. The number of fused-ring (bicyclic) bond motifs is 1. The van der Waals surface area contributed by atoms with Crippen LogP contribution in [0.5, 0.6) is 11.5 Å². The van der Waals surface area contributed by atoms with Gasteiger partial charge in [0.1, 0.15) is 0 Å². The van der Waals surface area contributed by atoms with Crippen LogP contribution >= 0.6 is 0 Å². The Labute approximate surface area is 121 Å². The Bertz CT molecular complexity index is 464. The van der Waals surface area contributed by atoms with E-state index in [1.54, 1.807) is 0 Å². The van der Waals surface area contributed by atoms with Gasteiger partial charge in [-0.1, -0.05) is 6.07 Å². The molecule has 1 aromatic carbocycles. The molecule has 0 unspecified atom stereocenters. The first kappa shape index (κ1) is 13.7. The fourth-order valence-electron chi connectivity index (χ4n) is 3.08. The van der Waals surface area contributed by atoms with Gasteiger partial charge in [-0.3, -0.25) is 4.90 Å². The van der Waals surface area contributed by atoms with Gasteiger partial charge in [-0.2, -0.15) is 0 Å². The second-order valence-electron chi connectivity index (χ2n) is 5.84. The smallest absolute Gasteiger partial charge is 0.231 e. The highest BCUT2D eigenvalue weighted by Crippen LogP contribution is 2.33. The zero-order chi connectivity index (χ0) is 13.9. The first-order valence-electron chi connectivity index (χ1n) is 7.56. The topological polar surface area (TPSA) is 33.7 Å². The van der Waals surface area contributed by atoms with Crippen LogP contribution in [0.3, 0.4) is 0 Å². The molecule has 0 amide bonds. The first-order chi connectivity index (χ1) is 9.76. The van der Waals surface area contributed by atoms with Crippen molar-refractivity contribution in [3.05, 3.63) is 23.8 Å². The van der Waals surface area contributed by atoms with E-state index < -0.39 is 0 Å². The van der Waals surface area contributed by atoms with Crippen LogP contribution in [-0.2, 0) is 6.42 Å². The van der Waals surface area contributed by atoms with Crippen LogP contribution in [0.2, 0.25) is 0 Å². The summed E-state index contributed by atoms with van der Waals surface area (Å²) in [6, 6.07) is 7.60. The lowest BCUT2D eigenvalue weighted by atomic mass is 10.0. The fraction of sp³-hybridized carbons (Fsp3) is 0.625. The summed E-state index contributed by atoms with van der Waals surface area (Å²) in [4.78, 5) is 2.59. The molecule has 20 heavy (non-hydrogen) atoms. The number of hydrogen-bond donors (Lipinski definition) is 1. The second-order valence-corrected chi connectivity index (χ2v) is 5.84. The third-order valence-corrected chi connectivity index (χ3v) is 4.54. The first-order valence-corrected chi connectivity index (χ1v) is 7.56. The van der Waals surface area contributed by atoms with E-state index >= 15 is 0 Å². The zero-order valence-corrected chi connectivity index (χ0v) is 12.4. The van der Waals surface area contributed by atoms with Crippen LogP contribution in [0.4, 0.5) is 0 Å². The summed E-state index contributed by atoms with van der Waals surface area (Å²) in [5, 5.41) is 3.38. The van der Waals surface area contributed by atoms with Crippen molar-refractivity contribution in [3.8, 4) is 11.5 Å². The summed E-state index contributed by atoms with van der Waals surface area (Å²) in [5.41, 5.74) is 1.34. The average Bonchev–Trinajstić information content (AvgIpc) is 3.12. The van der Waals surface area contributed by atoms with Crippen molar-refractivity contribution in [1.82, 2.24) is 10.2 Å². The molecular weight excluding hydrogens is 252 g/mol. The highest BCUT2D eigenvalue weighted by atomic mass is 16.7. The molecule has 3 rings (SSSR count). The molecule has 0 radical (unpaired) electrons. The normalized spacial score (nSPS) is 23.2. The molecular formula is C16H24N2O2. The molecule has 1 saturated heterocycles. The number of ether oxygens (including phenoxy) is 2. The summed E-state index contributed by atoms with van der Waals surface area (Å²) in [7, 11) is 2.06. The van der Waals surface area contributed by atoms with Gasteiger partial charge in [0.25, 0.3) is 0 Å². The molecule has 110 valence electrons. The number of likely N-dealkylation sites (N-methyl/N-ethyl adjacent to an activating group) is 1. The highest BCUT2D eigenvalue weighted by Gasteiger charge is 2.24. The van der Waals surface area contributed by atoms with Crippen molar-refractivity contribution in [2.45, 2.75) is 38.3 Å². The Balaban J connectivity index is 1.52. The lowest BCUT2D eigenvalue weighted by Gasteiger charge is -2.24. The third kappa shape index (κ3) is 2.91. The number of nitrogens with one attached hydrogen (secondary N) is 1. The number of nitrogens with zero attached hydrogens (tertiary/aromatic N) is 1. The number of aryl methyl sites for hydroxylation is 1. The van der Waals surface area contributed by atoms with Crippen LogP contribution in [0.1, 0.15) is 25.3 Å². The van der Waals surface area contributed by atoms with E-state index in [0.717, 1.165) is 17.9 Å². The Morgan fingerprint density at radius 2 is 2.20 bits per heavy atom. The maximum atomic E-state index is 5.43. The van der Waals surface area contributed by atoms with Gasteiger partial charge < -0.3 is 14.8 Å². The van der Waals surface area contributed by atoms with Crippen molar-refractivity contribution in [2.24, 2.45) is 0 Å². The van der Waals surface area contributed by atoms with Gasteiger partial charge in [-0.25, -0.2) is 0 Å². The van der Waals surface area contributed by atoms with Crippen LogP contribution in [0.15, 0.2) is 18.2 Å². The average molecular weight is 276 g/mol. The van der Waals surface area contributed by atoms with Crippen molar-refractivity contribution in [3.63, 3.8) is 0 Å². The van der Waals surface area contributed by atoms with Crippen molar-refractivity contribution in [1.29, 1.82) is 0 Å². The van der Waals surface area contributed by atoms with Crippen LogP contribution in [0, 0.1) is 0 Å². The molecule has 0 aromatic heterocycles. The molecule has 0 spiro atoms. The van der Waals surface area contributed by atoms with Crippen molar-refractivity contribution in [2.75, 3.05) is 26.9 Å². The van der Waals surface area contributed by atoms with E-state index in [1.807, 2.05) is 6.07 Å². The predicted molar refractivity (Wildman–Crippen MR) is 79.4 cm³/mol. The van der Waals surface area contributed by atoms with Gasteiger partial charge >= 0.3 is 0 Å². The van der Waals surface area contributed by atoms with Gasteiger partial charge in [0, 0.05) is 25.2 Å². The minimum atomic E-state index is 0.356. The van der Waals surface area contributed by atoms with E-state index in [4.69, 9.17) is 9.47 Å². The van der Waals surface area contributed by atoms with Gasteiger partial charge in [-0.15, -0.1) is 0 Å². The molecule has 2 aliphatic heterocycles. The molecule has 2 atom stereocenters. The van der Waals surface area contributed by atoms with Gasteiger partial charge in [-0.05, 0) is 50.9 Å². The fourth-order valence-corrected chi connectivity index (χ4v) is 3.08. The summed E-state index contributed by atoms with van der Waals surface area (Å²) in [5.74, 6) is 1.77. The monoisotopic (exact) mass is 276 g/mol. The standard InChI is InChI=1S/C16H24N2O2/c1-12(18-8-7-14(10-18)17-2)3-4-13-5-6-15-16(9-13)20-11-19-15/h5-6,9,12,14,17H,3-4,7-8,10-11H2,1-2H3/t12-,14-/m1/s1. The predicted octanol–water partition coefficient (Wildman–Crippen LogP) is 2.03. The summed E-state index contributed by atoms with van der Waals surface area (Å²) >= 11 is 0. The molecule has 0 bridgehead atoms. The van der Waals surface area contributed by atoms with E-state index in [2.05, 4.69) is 36.3 Å². The lowest BCUT2D eigenvalue weighted by Crippen LogP contribution is -2.35. The summed E-state index contributed by atoms with van der Waals surface area (Å²) < 4.78 is 10.8. The quantitative estimate of drug-likeness (QED) is 0.892. The number of hydrogen-bond acceptors (Lipinski definition) is 4. The number of likely N-dealkylation sites (tertiary alicyclic amines) is 1. The molecule has 0 saturated carbocycles. The van der Waals surface area contributed by atoms with Crippen molar-refractivity contribution < 1.29 is 9.47 Å². The summed E-state index contributed by atoms with van der Waals surface area (Å²) in [6.07, 6.45) is 3.56. The SMILES string of the molecule is CN[C@@H]1CCN([C@H](C)CCc2ccc3c(c2)OCO3)C1. The van der Waals surface area contributed by atoms with Crippen LogP contribution in [0.25, 0.3) is 0 Å². The van der Waals surface area contributed by atoms with E-state index in [0.29, 0.717) is 18.9 Å². The molecule has 1 aromatic rings. The van der Waals surface area contributed by atoms with Crippen LogP contribution in [-0.4, -0.2) is 43.9 Å². The third-order valence-electron chi connectivity index (χ3n) is 4.54. The molecule has 0 aliphatic carbocycles. The van der Waals surface area contributed by atoms with E-state index in [9.17, 15) is 0 Å². The van der Waals surface area contributed by atoms with Gasteiger partial charge in [0.05, 0.1) is 0 Å². The van der Waals surface area contributed by atoms with Gasteiger partial charge in [0.15, 0.2) is 11.5 Å². The molecule has 4 heteroatoms. The molecule has 1 fully saturated rings. The van der Waals surface area contributed by atoms with Gasteiger partial charge in [0.2, 0.25) is 6.79 Å². The Morgan fingerprint density at radius 3 is 3.00 bits per heavy atom.